The molecule has 0 spiro atoms. The molecule has 0 aromatic heterocycles. The summed E-state index contributed by atoms with van der Waals surface area (Å²) in [6, 6.07) is 12.4. The zero-order valence-corrected chi connectivity index (χ0v) is 18.3. The molecule has 160 valence electrons. The third kappa shape index (κ3) is 5.06. The van der Waals surface area contributed by atoms with Crippen LogP contribution in [0.1, 0.15) is 30.9 Å². The molecule has 0 bridgehead atoms. The Hall–Kier alpha value is -2.71. The van der Waals surface area contributed by atoms with Crippen LogP contribution in [0.5, 0.6) is 0 Å². The fourth-order valence-electron chi connectivity index (χ4n) is 3.60. The van der Waals surface area contributed by atoms with Gasteiger partial charge in [0.25, 0.3) is 0 Å². The van der Waals surface area contributed by atoms with E-state index >= 15 is 0 Å². The summed E-state index contributed by atoms with van der Waals surface area (Å²) in [6.07, 6.45) is 0.919. The van der Waals surface area contributed by atoms with Gasteiger partial charge in [-0.2, -0.15) is 4.31 Å². The Kier molecular flexibility index (Phi) is 6.58. The fraction of sp³-hybridized carbons (Fsp3) is 0.364. The van der Waals surface area contributed by atoms with Crippen LogP contribution in [-0.2, 0) is 19.6 Å². The second-order valence-corrected chi connectivity index (χ2v) is 9.60. The highest BCUT2D eigenvalue weighted by Crippen LogP contribution is 2.27. The topological polar surface area (TPSA) is 95.6 Å². The molecule has 1 fully saturated rings. The van der Waals surface area contributed by atoms with Crippen molar-refractivity contribution in [3.63, 3.8) is 0 Å². The highest BCUT2D eigenvalue weighted by molar-refractivity contribution is 7.89. The SMILES string of the molecule is CC(=O)Nc1cccc(NC(=O)C2CCN(S(=O)(=O)c3cc(C)ccc3C)CC2)c1. The second kappa shape index (κ2) is 8.97. The molecular formula is C22H27N3O4S. The Morgan fingerprint density at radius 1 is 0.967 bits per heavy atom. The van der Waals surface area contributed by atoms with E-state index in [0.29, 0.717) is 42.2 Å². The normalized spacial score (nSPS) is 15.6. The first-order valence-electron chi connectivity index (χ1n) is 9.93. The van der Waals surface area contributed by atoms with Gasteiger partial charge < -0.3 is 10.6 Å². The third-order valence-electron chi connectivity index (χ3n) is 5.24. The van der Waals surface area contributed by atoms with Gasteiger partial charge in [-0.1, -0.05) is 18.2 Å². The zero-order chi connectivity index (χ0) is 21.9. The summed E-state index contributed by atoms with van der Waals surface area (Å²) in [6.45, 7) is 5.70. The monoisotopic (exact) mass is 429 g/mol. The van der Waals surface area contributed by atoms with Crippen molar-refractivity contribution in [3.8, 4) is 0 Å². The highest BCUT2D eigenvalue weighted by Gasteiger charge is 2.32. The van der Waals surface area contributed by atoms with Crippen molar-refractivity contribution < 1.29 is 18.0 Å². The molecule has 30 heavy (non-hydrogen) atoms. The lowest BCUT2D eigenvalue weighted by Gasteiger charge is -2.31. The first kappa shape index (κ1) is 22.0. The first-order valence-corrected chi connectivity index (χ1v) is 11.4. The summed E-state index contributed by atoms with van der Waals surface area (Å²) in [5, 5.41) is 5.55. The Morgan fingerprint density at radius 3 is 2.23 bits per heavy atom. The first-order chi connectivity index (χ1) is 14.2. The van der Waals surface area contributed by atoms with Crippen molar-refractivity contribution in [1.29, 1.82) is 0 Å². The lowest BCUT2D eigenvalue weighted by atomic mass is 9.97. The summed E-state index contributed by atoms with van der Waals surface area (Å²) in [5.74, 6) is -0.589. The molecule has 2 N–H and O–H groups in total. The van der Waals surface area contributed by atoms with E-state index in [-0.39, 0.29) is 17.7 Å². The number of rotatable bonds is 5. The molecule has 8 heteroatoms. The number of benzene rings is 2. The van der Waals surface area contributed by atoms with Gasteiger partial charge in [-0.05, 0) is 62.1 Å². The largest absolute Gasteiger partial charge is 0.326 e. The van der Waals surface area contributed by atoms with Crippen molar-refractivity contribution in [1.82, 2.24) is 4.31 Å². The lowest BCUT2D eigenvalue weighted by molar-refractivity contribution is -0.121. The number of aryl methyl sites for hydroxylation is 2. The van der Waals surface area contributed by atoms with Gasteiger partial charge in [-0.3, -0.25) is 9.59 Å². The molecule has 1 aliphatic rings. The standard InChI is InChI=1S/C22H27N3O4S/c1-15-7-8-16(2)21(13-15)30(28,29)25-11-9-18(10-12-25)22(27)24-20-6-4-5-19(14-20)23-17(3)26/h4-8,13-14,18H,9-12H2,1-3H3,(H,23,26)(H,24,27). The number of hydrogen-bond donors (Lipinski definition) is 2. The molecule has 2 amide bonds. The van der Waals surface area contributed by atoms with Crippen LogP contribution in [0.25, 0.3) is 0 Å². The van der Waals surface area contributed by atoms with Crippen LogP contribution in [0.15, 0.2) is 47.4 Å². The number of hydrogen-bond acceptors (Lipinski definition) is 4. The van der Waals surface area contributed by atoms with Gasteiger partial charge in [0, 0.05) is 37.3 Å². The molecule has 1 saturated heterocycles. The van der Waals surface area contributed by atoms with Gasteiger partial charge in [-0.25, -0.2) is 8.42 Å². The average Bonchev–Trinajstić information content (AvgIpc) is 2.69. The molecule has 3 rings (SSSR count). The number of piperidine rings is 1. The maximum atomic E-state index is 13.0. The van der Waals surface area contributed by atoms with E-state index in [2.05, 4.69) is 10.6 Å². The summed E-state index contributed by atoms with van der Waals surface area (Å²) < 4.78 is 27.6. The molecule has 7 nitrogen and oxygen atoms in total. The van der Waals surface area contributed by atoms with Gasteiger partial charge in [0.05, 0.1) is 4.90 Å². The third-order valence-corrected chi connectivity index (χ3v) is 7.28. The molecule has 2 aromatic carbocycles. The maximum absolute atomic E-state index is 13.0. The average molecular weight is 430 g/mol. The molecule has 0 aliphatic carbocycles. The van der Waals surface area contributed by atoms with E-state index in [0.717, 1.165) is 11.1 Å². The lowest BCUT2D eigenvalue weighted by Crippen LogP contribution is -2.41. The number of amides is 2. The van der Waals surface area contributed by atoms with Crippen molar-refractivity contribution in [2.24, 2.45) is 5.92 Å². The van der Waals surface area contributed by atoms with Crippen LogP contribution >= 0.6 is 0 Å². The molecule has 1 heterocycles. The highest BCUT2D eigenvalue weighted by atomic mass is 32.2. The predicted molar refractivity (Wildman–Crippen MR) is 117 cm³/mol. The molecule has 1 aliphatic heterocycles. The number of carbonyl (C=O) groups excluding carboxylic acids is 2. The maximum Gasteiger partial charge on any atom is 0.243 e. The van der Waals surface area contributed by atoms with E-state index in [4.69, 9.17) is 0 Å². The van der Waals surface area contributed by atoms with Crippen molar-refractivity contribution >= 4 is 33.2 Å². The summed E-state index contributed by atoms with van der Waals surface area (Å²) >= 11 is 0. The number of anilines is 2. The van der Waals surface area contributed by atoms with Crippen LogP contribution in [0, 0.1) is 19.8 Å². The summed E-state index contributed by atoms with van der Waals surface area (Å²) in [7, 11) is -3.58. The van der Waals surface area contributed by atoms with Gasteiger partial charge >= 0.3 is 0 Å². The van der Waals surface area contributed by atoms with E-state index in [1.807, 2.05) is 19.1 Å². The Balaban J connectivity index is 1.63. The molecular weight excluding hydrogens is 402 g/mol. The number of carbonyl (C=O) groups is 2. The summed E-state index contributed by atoms with van der Waals surface area (Å²) in [5.41, 5.74) is 2.82. The van der Waals surface area contributed by atoms with E-state index < -0.39 is 10.0 Å². The molecule has 0 saturated carbocycles. The van der Waals surface area contributed by atoms with Crippen LogP contribution in [-0.4, -0.2) is 37.6 Å². The number of nitrogens with one attached hydrogen (secondary N) is 2. The van der Waals surface area contributed by atoms with Gasteiger partial charge in [-0.15, -0.1) is 0 Å². The van der Waals surface area contributed by atoms with Crippen molar-refractivity contribution in [2.45, 2.75) is 38.5 Å². The van der Waals surface area contributed by atoms with Gasteiger partial charge in [0.1, 0.15) is 0 Å². The second-order valence-electron chi connectivity index (χ2n) is 7.70. The summed E-state index contributed by atoms with van der Waals surface area (Å²) in [4.78, 5) is 24.2. The fourth-order valence-corrected chi connectivity index (χ4v) is 5.38. The van der Waals surface area contributed by atoms with E-state index in [9.17, 15) is 18.0 Å². The quantitative estimate of drug-likeness (QED) is 0.762. The molecule has 2 aromatic rings. The Morgan fingerprint density at radius 2 is 1.60 bits per heavy atom. The Bertz CT molecular complexity index is 1060. The zero-order valence-electron chi connectivity index (χ0n) is 17.4. The minimum absolute atomic E-state index is 0.140. The van der Waals surface area contributed by atoms with Crippen molar-refractivity contribution in [3.05, 3.63) is 53.6 Å². The number of nitrogens with zero attached hydrogens (tertiary/aromatic N) is 1. The van der Waals surface area contributed by atoms with Crippen LogP contribution in [0.2, 0.25) is 0 Å². The molecule has 0 radical (unpaired) electrons. The molecule has 0 unspecified atom stereocenters. The van der Waals surface area contributed by atoms with Gasteiger partial charge in [0.2, 0.25) is 21.8 Å². The van der Waals surface area contributed by atoms with Crippen LogP contribution in [0.4, 0.5) is 11.4 Å². The van der Waals surface area contributed by atoms with Gasteiger partial charge in [0.15, 0.2) is 0 Å². The minimum atomic E-state index is -3.58. The van der Waals surface area contributed by atoms with E-state index in [1.165, 1.54) is 11.2 Å². The Labute approximate surface area is 177 Å². The number of sulfonamides is 1. The van der Waals surface area contributed by atoms with Crippen LogP contribution in [0.3, 0.4) is 0 Å². The predicted octanol–water partition coefficient (Wildman–Crippen LogP) is 3.30. The van der Waals surface area contributed by atoms with E-state index in [1.54, 1.807) is 37.3 Å². The van der Waals surface area contributed by atoms with Crippen molar-refractivity contribution in [2.75, 3.05) is 23.7 Å². The smallest absolute Gasteiger partial charge is 0.243 e. The molecule has 0 atom stereocenters. The van der Waals surface area contributed by atoms with Crippen LogP contribution < -0.4 is 10.6 Å². The minimum Gasteiger partial charge on any atom is -0.326 e.